The highest BCUT2D eigenvalue weighted by Crippen LogP contribution is 2.22. The van der Waals surface area contributed by atoms with Gasteiger partial charge < -0.3 is 25.9 Å². The predicted molar refractivity (Wildman–Crippen MR) is 151 cm³/mol. The van der Waals surface area contributed by atoms with E-state index >= 15 is 0 Å². The zero-order valence-electron chi connectivity index (χ0n) is 24.2. The van der Waals surface area contributed by atoms with E-state index in [0.29, 0.717) is 55.2 Å². The third-order valence-corrected chi connectivity index (χ3v) is 6.69. The highest BCUT2D eigenvalue weighted by molar-refractivity contribution is 7.80. The molecule has 0 unspecified atom stereocenters. The van der Waals surface area contributed by atoms with E-state index in [1.807, 2.05) is 13.8 Å². The number of thiocarbonyl (C=S) groups is 1. The van der Waals surface area contributed by atoms with Crippen molar-refractivity contribution in [3.8, 4) is 0 Å². The van der Waals surface area contributed by atoms with E-state index in [0.717, 1.165) is 0 Å². The summed E-state index contributed by atoms with van der Waals surface area (Å²) in [5.74, 6) is -2.56. The molecule has 13 heteroatoms. The summed E-state index contributed by atoms with van der Waals surface area (Å²) < 4.78 is 5.45. The fourth-order valence-corrected chi connectivity index (χ4v) is 4.32. The first-order valence-corrected chi connectivity index (χ1v) is 14.1. The van der Waals surface area contributed by atoms with E-state index in [4.69, 9.17) is 27.5 Å². The van der Waals surface area contributed by atoms with Crippen LogP contribution in [0.3, 0.4) is 0 Å². The number of hydroxylamine groups is 2. The standard InChI is InChI=1S/C27H44N4O8S/c1-17(2)19(25(36)30-20(24(35)27(3,4)5)9-6-13-29-26(28)37)16-18(40)8-7-14-38-15-12-23(34)39-31-21(32)10-11-22(31)33/h17,19-20H,6-16H2,1-5H3,(H,30,36)(H3,28,29,37)/t19-,20-/m0/s1. The van der Waals surface area contributed by atoms with Gasteiger partial charge in [0.05, 0.1) is 19.1 Å². The number of carbonyl (C=O) groups excluding carboxylic acids is 6. The Morgan fingerprint density at radius 1 is 1.02 bits per heavy atom. The average molecular weight is 585 g/mol. The molecule has 0 aromatic carbocycles. The number of ether oxygens (including phenoxy) is 1. The maximum Gasteiger partial charge on any atom is 0.335 e. The van der Waals surface area contributed by atoms with Crippen LogP contribution in [0.1, 0.15) is 86.0 Å². The maximum atomic E-state index is 13.2. The molecule has 0 bridgehead atoms. The van der Waals surface area contributed by atoms with Gasteiger partial charge in [-0.25, -0.2) is 9.59 Å². The van der Waals surface area contributed by atoms with Gasteiger partial charge in [-0.15, -0.1) is 5.06 Å². The molecule has 226 valence electrons. The number of primary amides is 1. The number of imide groups is 1. The molecule has 0 spiro atoms. The Labute approximate surface area is 241 Å². The fourth-order valence-electron chi connectivity index (χ4n) is 4.00. The van der Waals surface area contributed by atoms with E-state index < -0.39 is 41.2 Å². The first kappa shape index (κ1) is 35.1. The van der Waals surface area contributed by atoms with Gasteiger partial charge in [-0.3, -0.25) is 19.2 Å². The number of amides is 5. The third-order valence-electron chi connectivity index (χ3n) is 6.32. The molecule has 12 nitrogen and oxygen atoms in total. The van der Waals surface area contributed by atoms with Crippen molar-refractivity contribution in [1.29, 1.82) is 0 Å². The van der Waals surface area contributed by atoms with Crippen molar-refractivity contribution in [3.05, 3.63) is 0 Å². The quantitative estimate of drug-likeness (QED) is 0.124. The zero-order chi connectivity index (χ0) is 30.5. The molecule has 1 aliphatic heterocycles. The highest BCUT2D eigenvalue weighted by Gasteiger charge is 2.34. The molecule has 0 aliphatic carbocycles. The first-order valence-electron chi connectivity index (χ1n) is 13.7. The second kappa shape index (κ2) is 17.0. The monoisotopic (exact) mass is 584 g/mol. The van der Waals surface area contributed by atoms with Crippen LogP contribution in [0.5, 0.6) is 0 Å². The Balaban J connectivity index is 2.49. The Morgan fingerprint density at radius 3 is 2.20 bits per heavy atom. The van der Waals surface area contributed by atoms with Crippen LogP contribution in [-0.2, 0) is 33.5 Å². The molecule has 0 aromatic heterocycles. The lowest BCUT2D eigenvalue weighted by molar-refractivity contribution is -0.198. The molecule has 1 saturated heterocycles. The molecule has 1 rings (SSSR count). The van der Waals surface area contributed by atoms with Crippen molar-refractivity contribution in [1.82, 2.24) is 15.7 Å². The molecular weight excluding hydrogens is 540 g/mol. The SMILES string of the molecule is CC(C)[C@H](CC(=S)CCCOCCC(=O)ON1C(=O)CCC1=O)C(=O)N[C@@H](CCCNC(N)=O)C(=O)C(C)(C)C. The summed E-state index contributed by atoms with van der Waals surface area (Å²) >= 11 is 5.53. The van der Waals surface area contributed by atoms with E-state index in [-0.39, 0.29) is 43.5 Å². The number of hydrogen-bond donors (Lipinski definition) is 3. The molecule has 4 N–H and O–H groups in total. The molecule has 5 amide bonds. The molecule has 2 atom stereocenters. The molecule has 1 heterocycles. The van der Waals surface area contributed by atoms with Crippen LogP contribution >= 0.6 is 12.2 Å². The lowest BCUT2D eigenvalue weighted by Crippen LogP contribution is -2.48. The Hall–Kier alpha value is -2.93. The minimum absolute atomic E-state index is 0.0171. The summed E-state index contributed by atoms with van der Waals surface area (Å²) in [5, 5.41) is 5.91. The molecule has 0 radical (unpaired) electrons. The minimum Gasteiger partial charge on any atom is -0.381 e. The van der Waals surface area contributed by atoms with Crippen LogP contribution in [0.4, 0.5) is 4.79 Å². The lowest BCUT2D eigenvalue weighted by Gasteiger charge is -2.28. The number of ketones is 1. The van der Waals surface area contributed by atoms with Gasteiger partial charge >= 0.3 is 12.0 Å². The number of Topliss-reactive ketones (excluding diaryl/α,β-unsaturated/α-hetero) is 1. The van der Waals surface area contributed by atoms with Crippen molar-refractivity contribution < 1.29 is 38.3 Å². The van der Waals surface area contributed by atoms with Gasteiger partial charge in [-0.2, -0.15) is 0 Å². The highest BCUT2D eigenvalue weighted by atomic mass is 32.1. The predicted octanol–water partition coefficient (Wildman–Crippen LogP) is 2.36. The number of nitrogens with two attached hydrogens (primary N) is 1. The van der Waals surface area contributed by atoms with Crippen LogP contribution in [0.2, 0.25) is 0 Å². The number of rotatable bonds is 18. The lowest BCUT2D eigenvalue weighted by atomic mass is 9.83. The fraction of sp³-hybridized carbons (Fsp3) is 0.741. The van der Waals surface area contributed by atoms with Crippen molar-refractivity contribution in [3.63, 3.8) is 0 Å². The molecule has 0 aromatic rings. The number of nitrogens with zero attached hydrogens (tertiary/aromatic N) is 1. The maximum absolute atomic E-state index is 13.2. The summed E-state index contributed by atoms with van der Waals surface area (Å²) in [7, 11) is 0. The van der Waals surface area contributed by atoms with Gasteiger partial charge in [0.1, 0.15) is 0 Å². The summed E-state index contributed by atoms with van der Waals surface area (Å²) in [6.45, 7) is 9.94. The topological polar surface area (TPSA) is 174 Å². The van der Waals surface area contributed by atoms with Gasteiger partial charge in [-0.05, 0) is 42.9 Å². The van der Waals surface area contributed by atoms with E-state index in [9.17, 15) is 28.8 Å². The van der Waals surface area contributed by atoms with Crippen molar-refractivity contribution in [2.75, 3.05) is 19.8 Å². The van der Waals surface area contributed by atoms with Gasteiger partial charge in [0.25, 0.3) is 11.8 Å². The van der Waals surface area contributed by atoms with Gasteiger partial charge in [0.2, 0.25) is 5.91 Å². The van der Waals surface area contributed by atoms with Crippen LogP contribution in [-0.4, -0.2) is 71.2 Å². The van der Waals surface area contributed by atoms with Crippen LogP contribution in [0.25, 0.3) is 0 Å². The van der Waals surface area contributed by atoms with E-state index in [1.54, 1.807) is 20.8 Å². The van der Waals surface area contributed by atoms with Crippen molar-refractivity contribution in [2.24, 2.45) is 23.0 Å². The van der Waals surface area contributed by atoms with Gasteiger partial charge in [-0.1, -0.05) is 46.8 Å². The van der Waals surface area contributed by atoms with Gasteiger partial charge in [0, 0.05) is 37.3 Å². The second-order valence-electron chi connectivity index (χ2n) is 11.2. The number of nitrogens with one attached hydrogen (secondary N) is 2. The summed E-state index contributed by atoms with van der Waals surface area (Å²) in [5.41, 5.74) is 4.44. The summed E-state index contributed by atoms with van der Waals surface area (Å²) in [6, 6.07) is -1.34. The van der Waals surface area contributed by atoms with E-state index in [2.05, 4.69) is 10.6 Å². The molecule has 1 aliphatic rings. The molecule has 0 saturated carbocycles. The second-order valence-corrected chi connectivity index (χ2v) is 11.8. The Kier molecular flexibility index (Phi) is 14.9. The minimum atomic E-state index is -0.725. The molecule has 1 fully saturated rings. The molecular formula is C27H44N4O8S. The third kappa shape index (κ3) is 12.9. The largest absolute Gasteiger partial charge is 0.381 e. The zero-order valence-corrected chi connectivity index (χ0v) is 25.0. The normalized spacial score (nSPS) is 15.1. The Bertz CT molecular complexity index is 931. The number of hydrogen-bond acceptors (Lipinski definition) is 9. The van der Waals surface area contributed by atoms with E-state index in [1.165, 1.54) is 0 Å². The average Bonchev–Trinajstić information content (AvgIpc) is 3.16. The van der Waals surface area contributed by atoms with Gasteiger partial charge in [0.15, 0.2) is 5.78 Å². The van der Waals surface area contributed by atoms with Crippen LogP contribution in [0, 0.1) is 17.3 Å². The van der Waals surface area contributed by atoms with Crippen LogP contribution in [0.15, 0.2) is 0 Å². The van der Waals surface area contributed by atoms with Crippen molar-refractivity contribution >= 4 is 52.6 Å². The summed E-state index contributed by atoms with van der Waals surface area (Å²) in [4.78, 5) is 77.4. The van der Waals surface area contributed by atoms with Crippen LogP contribution < -0.4 is 16.4 Å². The number of carbonyl (C=O) groups is 6. The molecule has 40 heavy (non-hydrogen) atoms. The van der Waals surface area contributed by atoms with Crippen molar-refractivity contribution in [2.45, 2.75) is 92.0 Å². The Morgan fingerprint density at radius 2 is 1.65 bits per heavy atom. The first-order chi connectivity index (χ1) is 18.6. The smallest absolute Gasteiger partial charge is 0.335 e. The summed E-state index contributed by atoms with van der Waals surface area (Å²) in [6.07, 6.45) is 2.31. The number of urea groups is 1.